The second kappa shape index (κ2) is 10.4. The average Bonchev–Trinajstić information content (AvgIpc) is 2.74. The first-order valence-corrected chi connectivity index (χ1v) is 9.12. The lowest BCUT2D eigenvalue weighted by molar-refractivity contribution is -0.137. The van der Waals surface area contributed by atoms with Gasteiger partial charge in [-0.2, -0.15) is 13.2 Å². The van der Waals surface area contributed by atoms with Crippen molar-refractivity contribution in [3.05, 3.63) is 70.8 Å². The quantitative estimate of drug-likeness (QED) is 0.515. The monoisotopic (exact) mass is 421 g/mol. The molecule has 2 rings (SSSR count). The fourth-order valence-electron chi connectivity index (χ4n) is 2.51. The van der Waals surface area contributed by atoms with Gasteiger partial charge in [0.05, 0.1) is 11.3 Å². The number of nitrogens with zero attached hydrogens (tertiary/aromatic N) is 2. The average molecular weight is 421 g/mol. The van der Waals surface area contributed by atoms with Crippen molar-refractivity contribution >= 4 is 17.3 Å². The van der Waals surface area contributed by atoms with Gasteiger partial charge in [0.25, 0.3) is 5.91 Å². The summed E-state index contributed by atoms with van der Waals surface area (Å²) in [5.74, 6) is -0.431. The minimum Gasteiger partial charge on any atom is -0.395 e. The number of likely N-dealkylation sites (N-methyl/N-ethyl adjacent to an activating group) is 1. The Bertz CT molecular complexity index is 940. The lowest BCUT2D eigenvalue weighted by Gasteiger charge is -2.11. The van der Waals surface area contributed by atoms with Crippen LogP contribution in [0.15, 0.2) is 58.8 Å². The molecule has 0 aliphatic carbocycles. The highest BCUT2D eigenvalue weighted by Gasteiger charge is 2.30. The lowest BCUT2D eigenvalue weighted by Crippen LogP contribution is -2.29. The number of carbonyl (C=O) groups is 1. The molecule has 0 aliphatic heterocycles. The molecular formula is C21H22F3N3O3. The summed E-state index contributed by atoms with van der Waals surface area (Å²) >= 11 is 0. The maximum atomic E-state index is 12.9. The van der Waals surface area contributed by atoms with Crippen LogP contribution in [0.5, 0.6) is 0 Å². The fraction of sp³-hybridized carbons (Fsp3) is 0.286. The number of carbonyl (C=O) groups excluding carboxylic acids is 1. The molecule has 0 heterocycles. The molecule has 160 valence electrons. The van der Waals surface area contributed by atoms with E-state index in [9.17, 15) is 18.0 Å². The van der Waals surface area contributed by atoms with Gasteiger partial charge in [-0.3, -0.25) is 4.79 Å². The summed E-state index contributed by atoms with van der Waals surface area (Å²) in [6, 6.07) is 11.7. The molecule has 0 aromatic heterocycles. The van der Waals surface area contributed by atoms with Crippen molar-refractivity contribution in [3.63, 3.8) is 0 Å². The zero-order chi connectivity index (χ0) is 22.1. The molecule has 0 fully saturated rings. The van der Waals surface area contributed by atoms with Crippen molar-refractivity contribution in [2.75, 3.05) is 13.7 Å². The zero-order valence-corrected chi connectivity index (χ0v) is 16.8. The number of rotatable bonds is 8. The van der Waals surface area contributed by atoms with Gasteiger partial charge in [0.2, 0.25) is 0 Å². The van der Waals surface area contributed by atoms with E-state index in [2.05, 4.69) is 15.6 Å². The Hall–Kier alpha value is -3.36. The Morgan fingerprint density at radius 1 is 1.07 bits per heavy atom. The minimum absolute atomic E-state index is 0.0192. The number of amides is 1. The molecule has 0 spiro atoms. The lowest BCUT2D eigenvalue weighted by atomic mass is 10.0. The predicted octanol–water partition coefficient (Wildman–Crippen LogP) is 4.13. The third-order valence-electron chi connectivity index (χ3n) is 4.03. The third kappa shape index (κ3) is 6.07. The van der Waals surface area contributed by atoms with Gasteiger partial charge in [-0.25, -0.2) is 0 Å². The third-order valence-corrected chi connectivity index (χ3v) is 4.03. The van der Waals surface area contributed by atoms with Gasteiger partial charge in [0.15, 0.2) is 5.71 Å². The molecule has 6 nitrogen and oxygen atoms in total. The molecule has 2 aromatic rings. The van der Waals surface area contributed by atoms with Crippen LogP contribution in [0.1, 0.15) is 36.1 Å². The van der Waals surface area contributed by atoms with Crippen LogP contribution in [0.3, 0.4) is 0 Å². The molecule has 0 atom stereocenters. The van der Waals surface area contributed by atoms with Crippen molar-refractivity contribution < 1.29 is 27.6 Å². The molecule has 9 heteroatoms. The second-order valence-electron chi connectivity index (χ2n) is 6.12. The number of halogens is 3. The summed E-state index contributed by atoms with van der Waals surface area (Å²) in [4.78, 5) is 22.6. The standard InChI is InChI=1S/C21H22F3N3O3/c1-4-29-27-19(20(28)25-3)18-11-6-5-8-16(18)13-30-26-14(2)15-9-7-10-17(12-15)21(22,23)24/h5-12H,4,13H2,1-3H3,(H,25,28)/b26-14+,27-19?. The van der Waals surface area contributed by atoms with Gasteiger partial charge >= 0.3 is 6.18 Å². The van der Waals surface area contributed by atoms with Gasteiger partial charge in [-0.05, 0) is 31.5 Å². The summed E-state index contributed by atoms with van der Waals surface area (Å²) in [5.41, 5.74) is 1.01. The molecule has 30 heavy (non-hydrogen) atoms. The van der Waals surface area contributed by atoms with Gasteiger partial charge in [0, 0.05) is 18.2 Å². The number of nitrogens with one attached hydrogen (secondary N) is 1. The summed E-state index contributed by atoms with van der Waals surface area (Å²) in [6.07, 6.45) is -4.44. The molecule has 0 radical (unpaired) electrons. The highest BCUT2D eigenvalue weighted by Crippen LogP contribution is 2.29. The molecule has 0 saturated heterocycles. The molecular weight excluding hydrogens is 399 g/mol. The van der Waals surface area contributed by atoms with Crippen molar-refractivity contribution in [1.82, 2.24) is 5.32 Å². The van der Waals surface area contributed by atoms with E-state index in [0.29, 0.717) is 23.3 Å². The summed E-state index contributed by atoms with van der Waals surface area (Å²) in [5, 5.41) is 10.3. The van der Waals surface area contributed by atoms with Crippen molar-refractivity contribution in [3.8, 4) is 0 Å². The topological polar surface area (TPSA) is 72.3 Å². The fourth-order valence-corrected chi connectivity index (χ4v) is 2.51. The van der Waals surface area contributed by atoms with Crippen molar-refractivity contribution in [2.45, 2.75) is 26.6 Å². The molecule has 1 N–H and O–H groups in total. The SMILES string of the molecule is CCON=C(C(=O)NC)c1ccccc1CO/N=C(\C)c1cccc(C(F)(F)F)c1. The van der Waals surface area contributed by atoms with E-state index in [-0.39, 0.29) is 18.0 Å². The minimum atomic E-state index is -4.44. The highest BCUT2D eigenvalue weighted by molar-refractivity contribution is 6.45. The van der Waals surface area contributed by atoms with Gasteiger partial charge in [-0.15, -0.1) is 0 Å². The van der Waals surface area contributed by atoms with Crippen molar-refractivity contribution in [2.24, 2.45) is 10.3 Å². The Balaban J connectivity index is 2.21. The predicted molar refractivity (Wildman–Crippen MR) is 107 cm³/mol. The molecule has 0 unspecified atom stereocenters. The smallest absolute Gasteiger partial charge is 0.395 e. The Kier molecular flexibility index (Phi) is 7.97. The molecule has 2 aromatic carbocycles. The number of benzene rings is 2. The van der Waals surface area contributed by atoms with E-state index < -0.39 is 17.6 Å². The van der Waals surface area contributed by atoms with E-state index in [4.69, 9.17) is 9.68 Å². The van der Waals surface area contributed by atoms with Crippen LogP contribution in [0.25, 0.3) is 0 Å². The Labute approximate surface area is 172 Å². The van der Waals surface area contributed by atoms with Gasteiger partial charge in [-0.1, -0.05) is 46.7 Å². The Morgan fingerprint density at radius 3 is 2.47 bits per heavy atom. The maximum absolute atomic E-state index is 12.9. The van der Waals surface area contributed by atoms with E-state index in [1.54, 1.807) is 38.1 Å². The summed E-state index contributed by atoms with van der Waals surface area (Å²) < 4.78 is 38.6. The van der Waals surface area contributed by atoms with Crippen LogP contribution < -0.4 is 5.32 Å². The normalized spacial score (nSPS) is 12.5. The molecule has 0 aliphatic rings. The van der Waals surface area contributed by atoms with Gasteiger partial charge in [0.1, 0.15) is 13.2 Å². The van der Waals surface area contributed by atoms with Crippen LogP contribution in [0.4, 0.5) is 13.2 Å². The Morgan fingerprint density at radius 2 is 1.80 bits per heavy atom. The summed E-state index contributed by atoms with van der Waals surface area (Å²) in [7, 11) is 1.48. The van der Waals surface area contributed by atoms with E-state index in [1.165, 1.54) is 19.2 Å². The number of hydrogen-bond donors (Lipinski definition) is 1. The van der Waals surface area contributed by atoms with Crippen LogP contribution in [-0.2, 0) is 27.3 Å². The van der Waals surface area contributed by atoms with Crippen LogP contribution in [0.2, 0.25) is 0 Å². The number of alkyl halides is 3. The van der Waals surface area contributed by atoms with Crippen LogP contribution in [-0.4, -0.2) is 31.0 Å². The molecule has 1 amide bonds. The maximum Gasteiger partial charge on any atom is 0.416 e. The van der Waals surface area contributed by atoms with Crippen LogP contribution >= 0.6 is 0 Å². The van der Waals surface area contributed by atoms with E-state index >= 15 is 0 Å². The van der Waals surface area contributed by atoms with Crippen LogP contribution in [0, 0.1) is 0 Å². The first-order valence-electron chi connectivity index (χ1n) is 9.12. The number of hydrogen-bond acceptors (Lipinski definition) is 5. The summed E-state index contributed by atoms with van der Waals surface area (Å²) in [6.45, 7) is 3.56. The van der Waals surface area contributed by atoms with E-state index in [1.807, 2.05) is 0 Å². The first kappa shape index (κ1) is 22.9. The molecule has 0 bridgehead atoms. The second-order valence-corrected chi connectivity index (χ2v) is 6.12. The van der Waals surface area contributed by atoms with Crippen molar-refractivity contribution in [1.29, 1.82) is 0 Å². The highest BCUT2D eigenvalue weighted by atomic mass is 19.4. The zero-order valence-electron chi connectivity index (χ0n) is 16.8. The number of oxime groups is 2. The van der Waals surface area contributed by atoms with Gasteiger partial charge < -0.3 is 15.0 Å². The van der Waals surface area contributed by atoms with E-state index in [0.717, 1.165) is 12.1 Å². The first-order chi connectivity index (χ1) is 14.3. The molecule has 0 saturated carbocycles. The largest absolute Gasteiger partial charge is 0.416 e.